The summed E-state index contributed by atoms with van der Waals surface area (Å²) < 4.78 is 0. The number of hydrogen-bond acceptors (Lipinski definition) is 5. The van der Waals surface area contributed by atoms with E-state index in [0.717, 1.165) is 25.9 Å². The third-order valence-electron chi connectivity index (χ3n) is 3.46. The molecule has 0 aromatic carbocycles. The third-order valence-corrected chi connectivity index (χ3v) is 3.75. The number of anilines is 1. The Labute approximate surface area is 128 Å². The van der Waals surface area contributed by atoms with Crippen LogP contribution in [-0.4, -0.2) is 47.2 Å². The van der Waals surface area contributed by atoms with Gasteiger partial charge in [-0.05, 0) is 50.7 Å². The van der Waals surface area contributed by atoms with Crippen molar-refractivity contribution >= 4 is 29.4 Å². The van der Waals surface area contributed by atoms with Crippen LogP contribution >= 0.6 is 11.6 Å². The Balaban J connectivity index is 1.99. The number of aromatic nitrogens is 1. The lowest BCUT2D eigenvalue weighted by atomic mass is 10.1. The first-order valence-corrected chi connectivity index (χ1v) is 7.19. The van der Waals surface area contributed by atoms with Crippen molar-refractivity contribution in [3.8, 4) is 0 Å². The zero-order valence-electron chi connectivity index (χ0n) is 11.8. The maximum Gasteiger partial charge on any atom is 0.267 e. The van der Waals surface area contributed by atoms with Gasteiger partial charge >= 0.3 is 0 Å². The summed E-state index contributed by atoms with van der Waals surface area (Å²) in [6, 6.07) is 2.11. The molecule has 0 bridgehead atoms. The number of hydrogen-bond donors (Lipinski definition) is 3. The lowest BCUT2D eigenvalue weighted by molar-refractivity contribution is -0.124. The fourth-order valence-electron chi connectivity index (χ4n) is 2.21. The molecular weight excluding hydrogens is 292 g/mol. The number of rotatable bonds is 4. The van der Waals surface area contributed by atoms with Crippen LogP contribution in [0.25, 0.3) is 6.08 Å². The van der Waals surface area contributed by atoms with Gasteiger partial charge < -0.3 is 10.2 Å². The molecule has 1 amide bonds. The average Bonchev–Trinajstić information content (AvgIpc) is 2.49. The molecule has 1 fully saturated rings. The van der Waals surface area contributed by atoms with Crippen molar-refractivity contribution in [2.24, 2.45) is 0 Å². The van der Waals surface area contributed by atoms with E-state index in [-0.39, 0.29) is 0 Å². The molecule has 7 heteroatoms. The molecule has 114 valence electrons. The smallest absolute Gasteiger partial charge is 0.267 e. The SMILES string of the molecule is CN1CCC(Nc2ncc(/C=C/C(=O)NO)cc2Cl)CC1. The Hall–Kier alpha value is -1.63. The highest BCUT2D eigenvalue weighted by atomic mass is 35.5. The van der Waals surface area contributed by atoms with Crippen molar-refractivity contribution in [1.29, 1.82) is 0 Å². The second kappa shape index (κ2) is 7.40. The van der Waals surface area contributed by atoms with E-state index in [4.69, 9.17) is 16.8 Å². The first kappa shape index (κ1) is 15.8. The number of halogens is 1. The minimum Gasteiger partial charge on any atom is -0.366 e. The molecule has 1 aromatic heterocycles. The molecule has 3 N–H and O–H groups in total. The maximum absolute atomic E-state index is 10.9. The Bertz CT molecular complexity index is 528. The number of carbonyl (C=O) groups is 1. The van der Waals surface area contributed by atoms with E-state index in [1.807, 2.05) is 0 Å². The van der Waals surface area contributed by atoms with Crippen molar-refractivity contribution in [1.82, 2.24) is 15.4 Å². The van der Waals surface area contributed by atoms with Gasteiger partial charge in [0.2, 0.25) is 0 Å². The van der Waals surface area contributed by atoms with Crippen molar-refractivity contribution < 1.29 is 10.0 Å². The van der Waals surface area contributed by atoms with E-state index in [2.05, 4.69) is 22.2 Å². The minimum absolute atomic E-state index is 0.382. The predicted molar refractivity (Wildman–Crippen MR) is 82.4 cm³/mol. The molecule has 2 rings (SSSR count). The summed E-state index contributed by atoms with van der Waals surface area (Å²) in [5.74, 6) is 0.0645. The minimum atomic E-state index is -0.598. The van der Waals surface area contributed by atoms with E-state index in [0.29, 0.717) is 22.4 Å². The highest BCUT2D eigenvalue weighted by Crippen LogP contribution is 2.23. The van der Waals surface area contributed by atoms with Crippen molar-refractivity contribution in [2.45, 2.75) is 18.9 Å². The highest BCUT2D eigenvalue weighted by molar-refractivity contribution is 6.33. The molecule has 0 saturated carbocycles. The first-order valence-electron chi connectivity index (χ1n) is 6.81. The van der Waals surface area contributed by atoms with E-state index in [9.17, 15) is 4.79 Å². The number of nitrogens with one attached hydrogen (secondary N) is 2. The zero-order chi connectivity index (χ0) is 15.2. The van der Waals surface area contributed by atoms with Crippen LogP contribution in [-0.2, 0) is 4.79 Å². The molecule has 21 heavy (non-hydrogen) atoms. The van der Waals surface area contributed by atoms with Gasteiger partial charge in [-0.2, -0.15) is 0 Å². The van der Waals surface area contributed by atoms with Gasteiger partial charge in [0.05, 0.1) is 5.02 Å². The summed E-state index contributed by atoms with van der Waals surface area (Å²) in [7, 11) is 2.12. The number of carbonyl (C=O) groups excluding carboxylic acids is 1. The van der Waals surface area contributed by atoms with Crippen LogP contribution < -0.4 is 10.8 Å². The van der Waals surface area contributed by atoms with Gasteiger partial charge in [0.25, 0.3) is 5.91 Å². The number of nitrogens with zero attached hydrogens (tertiary/aromatic N) is 2. The Kier molecular flexibility index (Phi) is 5.55. The Morgan fingerprint density at radius 2 is 2.24 bits per heavy atom. The van der Waals surface area contributed by atoms with Crippen LogP contribution in [0.3, 0.4) is 0 Å². The van der Waals surface area contributed by atoms with Gasteiger partial charge in [-0.1, -0.05) is 11.6 Å². The molecule has 0 unspecified atom stereocenters. The Morgan fingerprint density at radius 3 is 2.86 bits per heavy atom. The number of hydroxylamine groups is 1. The summed E-state index contributed by atoms with van der Waals surface area (Å²) in [6.07, 6.45) is 6.49. The molecule has 6 nitrogen and oxygen atoms in total. The van der Waals surface area contributed by atoms with Crippen LogP contribution in [0.4, 0.5) is 5.82 Å². The molecule has 0 spiro atoms. The second-order valence-electron chi connectivity index (χ2n) is 5.13. The summed E-state index contributed by atoms with van der Waals surface area (Å²) in [5.41, 5.74) is 2.22. The average molecular weight is 311 g/mol. The molecule has 1 saturated heterocycles. The normalized spacial score (nSPS) is 17.1. The summed E-state index contributed by atoms with van der Waals surface area (Å²) >= 11 is 6.21. The quantitative estimate of drug-likeness (QED) is 0.449. The number of likely N-dealkylation sites (tertiary alicyclic amines) is 1. The van der Waals surface area contributed by atoms with Gasteiger partial charge in [-0.25, -0.2) is 10.5 Å². The molecule has 2 heterocycles. The van der Waals surface area contributed by atoms with Crippen molar-refractivity contribution in [3.05, 3.63) is 28.9 Å². The van der Waals surface area contributed by atoms with Gasteiger partial charge in [0.15, 0.2) is 0 Å². The van der Waals surface area contributed by atoms with Gasteiger partial charge in [-0.15, -0.1) is 0 Å². The van der Waals surface area contributed by atoms with Gasteiger partial charge in [0, 0.05) is 18.3 Å². The molecular formula is C14H19ClN4O2. The van der Waals surface area contributed by atoms with Crippen molar-refractivity contribution in [2.75, 3.05) is 25.5 Å². The predicted octanol–water partition coefficient (Wildman–Crippen LogP) is 1.76. The third kappa shape index (κ3) is 4.70. The lowest BCUT2D eigenvalue weighted by Crippen LogP contribution is -2.36. The van der Waals surface area contributed by atoms with Crippen LogP contribution in [0.15, 0.2) is 18.3 Å². The zero-order valence-corrected chi connectivity index (χ0v) is 12.6. The first-order chi connectivity index (χ1) is 10.1. The lowest BCUT2D eigenvalue weighted by Gasteiger charge is -2.30. The topological polar surface area (TPSA) is 77.5 Å². The van der Waals surface area contributed by atoms with Crippen LogP contribution in [0.2, 0.25) is 5.02 Å². The van der Waals surface area contributed by atoms with E-state index < -0.39 is 5.91 Å². The fourth-order valence-corrected chi connectivity index (χ4v) is 2.43. The second-order valence-corrected chi connectivity index (χ2v) is 5.54. The molecule has 1 aliphatic rings. The molecule has 0 aliphatic carbocycles. The van der Waals surface area contributed by atoms with Crippen LogP contribution in [0, 0.1) is 0 Å². The summed E-state index contributed by atoms with van der Waals surface area (Å²) in [4.78, 5) is 17.5. The summed E-state index contributed by atoms with van der Waals surface area (Å²) in [5, 5.41) is 12.3. The van der Waals surface area contributed by atoms with E-state index in [1.165, 1.54) is 17.6 Å². The van der Waals surface area contributed by atoms with Gasteiger partial charge in [-0.3, -0.25) is 10.0 Å². The maximum atomic E-state index is 10.9. The Morgan fingerprint density at radius 1 is 1.52 bits per heavy atom. The fraction of sp³-hybridized carbons (Fsp3) is 0.429. The molecule has 1 aromatic rings. The number of pyridine rings is 1. The van der Waals surface area contributed by atoms with E-state index >= 15 is 0 Å². The largest absolute Gasteiger partial charge is 0.366 e. The standard InChI is InChI=1S/C14H19ClN4O2/c1-19-6-4-11(5-7-19)17-14-12(15)8-10(9-16-14)2-3-13(20)18-21/h2-3,8-9,11,21H,4-7H2,1H3,(H,16,17)(H,18,20)/b3-2+. The van der Waals surface area contributed by atoms with Crippen LogP contribution in [0.5, 0.6) is 0 Å². The molecule has 0 atom stereocenters. The van der Waals surface area contributed by atoms with E-state index in [1.54, 1.807) is 12.3 Å². The number of amides is 1. The number of piperidine rings is 1. The highest BCUT2D eigenvalue weighted by Gasteiger charge is 2.17. The monoisotopic (exact) mass is 310 g/mol. The molecule has 1 aliphatic heterocycles. The summed E-state index contributed by atoms with van der Waals surface area (Å²) in [6.45, 7) is 2.12. The van der Waals surface area contributed by atoms with Gasteiger partial charge in [0.1, 0.15) is 5.82 Å². The van der Waals surface area contributed by atoms with Crippen molar-refractivity contribution in [3.63, 3.8) is 0 Å². The molecule has 0 radical (unpaired) electrons. The van der Waals surface area contributed by atoms with Crippen LogP contribution in [0.1, 0.15) is 18.4 Å².